The van der Waals surface area contributed by atoms with Crippen LogP contribution in [-0.4, -0.2) is 26.0 Å². The lowest BCUT2D eigenvalue weighted by Gasteiger charge is -2.22. The molecule has 1 aliphatic rings. The van der Waals surface area contributed by atoms with Gasteiger partial charge in [0.15, 0.2) is 6.29 Å². The number of hydrogen-bond acceptors (Lipinski definition) is 4. The van der Waals surface area contributed by atoms with E-state index in [-0.39, 0.29) is 18.5 Å². The van der Waals surface area contributed by atoms with Crippen molar-refractivity contribution in [3.8, 4) is 0 Å². The average molecular weight is 268 g/mol. The normalized spacial score (nSPS) is 19.2. The highest BCUT2D eigenvalue weighted by Gasteiger charge is 2.18. The van der Waals surface area contributed by atoms with Crippen molar-refractivity contribution in [1.82, 2.24) is 0 Å². The lowest BCUT2D eigenvalue weighted by atomic mass is 10.1. The molecular weight excluding hydrogens is 251 g/mol. The van der Waals surface area contributed by atoms with Crippen LogP contribution in [0.1, 0.15) is 35.2 Å². The second kappa shape index (κ2) is 6.63. The van der Waals surface area contributed by atoms with Gasteiger partial charge in [-0.05, 0) is 25.3 Å². The molecule has 4 nitrogen and oxygen atoms in total. The number of carbonyl (C=O) groups excluding carboxylic acids is 1. The highest BCUT2D eigenvalue weighted by molar-refractivity contribution is 5.89. The largest absolute Gasteiger partial charge is 0.465 e. The standard InChI is InChI=1S/C14H17FO4/c1-17-14(16)11-6-4-5-10(13(11)15)9-19-12-7-2-3-8-18-12/h4-6,12H,2-3,7-9H2,1H3. The topological polar surface area (TPSA) is 44.8 Å². The second-order valence-corrected chi connectivity index (χ2v) is 4.38. The monoisotopic (exact) mass is 268 g/mol. The van der Waals surface area contributed by atoms with E-state index in [0.29, 0.717) is 12.2 Å². The summed E-state index contributed by atoms with van der Waals surface area (Å²) in [5.74, 6) is -1.28. The molecule has 0 amide bonds. The average Bonchev–Trinajstić information content (AvgIpc) is 2.46. The predicted molar refractivity (Wildman–Crippen MR) is 66.1 cm³/mol. The van der Waals surface area contributed by atoms with Crippen LogP contribution in [0.15, 0.2) is 18.2 Å². The second-order valence-electron chi connectivity index (χ2n) is 4.38. The van der Waals surface area contributed by atoms with Gasteiger partial charge in [0.05, 0.1) is 19.3 Å². The van der Waals surface area contributed by atoms with Crippen LogP contribution in [0, 0.1) is 5.82 Å². The fourth-order valence-corrected chi connectivity index (χ4v) is 1.98. The molecule has 1 saturated heterocycles. The van der Waals surface area contributed by atoms with Crippen molar-refractivity contribution in [2.24, 2.45) is 0 Å². The van der Waals surface area contributed by atoms with Gasteiger partial charge in [0.25, 0.3) is 0 Å². The van der Waals surface area contributed by atoms with Gasteiger partial charge in [0, 0.05) is 12.2 Å². The van der Waals surface area contributed by atoms with E-state index in [2.05, 4.69) is 4.74 Å². The van der Waals surface area contributed by atoms with Gasteiger partial charge in [-0.2, -0.15) is 0 Å². The molecule has 104 valence electrons. The van der Waals surface area contributed by atoms with E-state index in [1.54, 1.807) is 12.1 Å². The molecule has 1 aromatic rings. The zero-order valence-corrected chi connectivity index (χ0v) is 10.9. The van der Waals surface area contributed by atoms with E-state index >= 15 is 0 Å². The number of hydrogen-bond donors (Lipinski definition) is 0. The number of esters is 1. The number of ether oxygens (including phenoxy) is 3. The Hall–Kier alpha value is -1.46. The van der Waals surface area contributed by atoms with Gasteiger partial charge in [0.2, 0.25) is 0 Å². The molecule has 5 heteroatoms. The van der Waals surface area contributed by atoms with Crippen LogP contribution in [0.25, 0.3) is 0 Å². The molecule has 1 heterocycles. The highest BCUT2D eigenvalue weighted by Crippen LogP contribution is 2.19. The Morgan fingerprint density at radius 1 is 1.47 bits per heavy atom. The Morgan fingerprint density at radius 2 is 2.32 bits per heavy atom. The summed E-state index contributed by atoms with van der Waals surface area (Å²) in [4.78, 5) is 11.4. The molecule has 1 fully saturated rings. The van der Waals surface area contributed by atoms with Crippen LogP contribution in [-0.2, 0) is 20.8 Å². The van der Waals surface area contributed by atoms with Crippen molar-refractivity contribution in [3.05, 3.63) is 35.1 Å². The van der Waals surface area contributed by atoms with Crippen LogP contribution in [0.4, 0.5) is 4.39 Å². The third-order valence-corrected chi connectivity index (χ3v) is 3.05. The zero-order chi connectivity index (χ0) is 13.7. The molecule has 1 aliphatic heterocycles. The Balaban J connectivity index is 2.01. The predicted octanol–water partition coefficient (Wildman–Crippen LogP) is 2.66. The Bertz CT molecular complexity index is 441. The molecule has 0 saturated carbocycles. The van der Waals surface area contributed by atoms with Crippen molar-refractivity contribution in [2.45, 2.75) is 32.2 Å². The van der Waals surface area contributed by atoms with Crippen LogP contribution >= 0.6 is 0 Å². The summed E-state index contributed by atoms with van der Waals surface area (Å²) in [7, 11) is 1.22. The van der Waals surface area contributed by atoms with E-state index < -0.39 is 11.8 Å². The maximum Gasteiger partial charge on any atom is 0.340 e. The molecule has 0 spiro atoms. The first-order chi connectivity index (χ1) is 9.22. The van der Waals surface area contributed by atoms with Crippen molar-refractivity contribution in [1.29, 1.82) is 0 Å². The minimum atomic E-state index is -0.687. The van der Waals surface area contributed by atoms with Gasteiger partial charge in [-0.15, -0.1) is 0 Å². The summed E-state index contributed by atoms with van der Waals surface area (Å²) < 4.78 is 29.5. The SMILES string of the molecule is COC(=O)c1cccc(COC2CCCCO2)c1F. The van der Waals surface area contributed by atoms with Gasteiger partial charge in [-0.1, -0.05) is 12.1 Å². The van der Waals surface area contributed by atoms with Crippen molar-refractivity contribution >= 4 is 5.97 Å². The van der Waals surface area contributed by atoms with Crippen molar-refractivity contribution in [3.63, 3.8) is 0 Å². The number of methoxy groups -OCH3 is 1. The quantitative estimate of drug-likeness (QED) is 0.787. The van der Waals surface area contributed by atoms with Gasteiger partial charge in [0.1, 0.15) is 5.82 Å². The highest BCUT2D eigenvalue weighted by atomic mass is 19.1. The van der Waals surface area contributed by atoms with E-state index in [0.717, 1.165) is 19.3 Å². The van der Waals surface area contributed by atoms with Crippen LogP contribution in [0.3, 0.4) is 0 Å². The molecule has 0 radical (unpaired) electrons. The third kappa shape index (κ3) is 3.52. The van der Waals surface area contributed by atoms with Crippen molar-refractivity contribution in [2.75, 3.05) is 13.7 Å². The minimum absolute atomic E-state index is 0.0758. The van der Waals surface area contributed by atoms with Gasteiger partial charge >= 0.3 is 5.97 Å². The number of rotatable bonds is 4. The van der Waals surface area contributed by atoms with Crippen molar-refractivity contribution < 1.29 is 23.4 Å². The van der Waals surface area contributed by atoms with Gasteiger partial charge in [-0.3, -0.25) is 0 Å². The minimum Gasteiger partial charge on any atom is -0.465 e. The van der Waals surface area contributed by atoms with Gasteiger partial charge in [-0.25, -0.2) is 9.18 Å². The fourth-order valence-electron chi connectivity index (χ4n) is 1.98. The molecule has 0 aliphatic carbocycles. The maximum atomic E-state index is 14.0. The first-order valence-corrected chi connectivity index (χ1v) is 6.31. The Labute approximate surface area is 111 Å². The van der Waals surface area contributed by atoms with E-state index in [4.69, 9.17) is 9.47 Å². The maximum absolute atomic E-state index is 14.0. The van der Waals surface area contributed by atoms with E-state index in [1.165, 1.54) is 13.2 Å². The summed E-state index contributed by atoms with van der Waals surface area (Å²) >= 11 is 0. The molecule has 0 N–H and O–H groups in total. The number of benzene rings is 1. The molecular formula is C14H17FO4. The summed E-state index contributed by atoms with van der Waals surface area (Å²) in [6.07, 6.45) is 2.62. The third-order valence-electron chi connectivity index (χ3n) is 3.05. The number of carbonyl (C=O) groups is 1. The lowest BCUT2D eigenvalue weighted by Crippen LogP contribution is -2.22. The summed E-state index contributed by atoms with van der Waals surface area (Å²) in [5.41, 5.74) is 0.255. The van der Waals surface area contributed by atoms with Crippen LogP contribution in [0.2, 0.25) is 0 Å². The van der Waals surface area contributed by atoms with E-state index in [1.807, 2.05) is 0 Å². The first kappa shape index (κ1) is 14.0. The fraction of sp³-hybridized carbons (Fsp3) is 0.500. The Kier molecular flexibility index (Phi) is 4.87. The first-order valence-electron chi connectivity index (χ1n) is 6.31. The summed E-state index contributed by atoms with van der Waals surface area (Å²) in [5, 5.41) is 0. The molecule has 1 unspecified atom stereocenters. The molecule has 0 aromatic heterocycles. The number of halogens is 1. The zero-order valence-electron chi connectivity index (χ0n) is 10.9. The van der Waals surface area contributed by atoms with Gasteiger partial charge < -0.3 is 14.2 Å². The summed E-state index contributed by atoms with van der Waals surface area (Å²) in [6.45, 7) is 0.761. The van der Waals surface area contributed by atoms with Crippen LogP contribution in [0.5, 0.6) is 0 Å². The molecule has 0 bridgehead atoms. The van der Waals surface area contributed by atoms with E-state index in [9.17, 15) is 9.18 Å². The molecule has 2 rings (SSSR count). The molecule has 19 heavy (non-hydrogen) atoms. The molecule has 1 atom stereocenters. The van der Waals surface area contributed by atoms with Crippen LogP contribution < -0.4 is 0 Å². The molecule has 1 aromatic carbocycles. The smallest absolute Gasteiger partial charge is 0.340 e. The summed E-state index contributed by atoms with van der Waals surface area (Å²) in [6, 6.07) is 4.59. The Morgan fingerprint density at radius 3 is 3.00 bits per heavy atom. The lowest BCUT2D eigenvalue weighted by molar-refractivity contribution is -0.169.